The zero-order chi connectivity index (χ0) is 20.8. The summed E-state index contributed by atoms with van der Waals surface area (Å²) in [5, 5.41) is 10.2. The summed E-state index contributed by atoms with van der Waals surface area (Å²) in [5.74, 6) is 0.304. The summed E-state index contributed by atoms with van der Waals surface area (Å²) in [6.45, 7) is 4.65. The quantitative estimate of drug-likeness (QED) is 0.239. The van der Waals surface area contributed by atoms with E-state index in [0.29, 0.717) is 24.3 Å². The minimum Gasteiger partial charge on any atom is -0.494 e. The van der Waals surface area contributed by atoms with Crippen LogP contribution in [0.4, 0.5) is 0 Å². The molecule has 2 aromatic carbocycles. The zero-order valence-corrected chi connectivity index (χ0v) is 17.3. The van der Waals surface area contributed by atoms with E-state index in [-0.39, 0.29) is 6.61 Å². The summed E-state index contributed by atoms with van der Waals surface area (Å²) >= 11 is 0. The van der Waals surface area contributed by atoms with Crippen LogP contribution in [0.3, 0.4) is 0 Å². The summed E-state index contributed by atoms with van der Waals surface area (Å²) in [4.78, 5) is 12.6. The van der Waals surface area contributed by atoms with Crippen LogP contribution in [-0.4, -0.2) is 41.9 Å². The Morgan fingerprint density at radius 2 is 1.83 bits per heavy atom. The highest BCUT2D eigenvalue weighted by Crippen LogP contribution is 2.37. The van der Waals surface area contributed by atoms with Crippen molar-refractivity contribution in [3.63, 3.8) is 0 Å². The maximum absolute atomic E-state index is 12.6. The Morgan fingerprint density at radius 3 is 2.48 bits per heavy atom. The molecule has 0 saturated heterocycles. The molecule has 0 saturated carbocycles. The molecule has 0 fully saturated rings. The van der Waals surface area contributed by atoms with Gasteiger partial charge in [0.2, 0.25) is 0 Å². The third-order valence-corrected chi connectivity index (χ3v) is 4.99. The van der Waals surface area contributed by atoms with Crippen LogP contribution in [0.5, 0.6) is 5.75 Å². The van der Waals surface area contributed by atoms with Gasteiger partial charge in [0.15, 0.2) is 7.05 Å². The van der Waals surface area contributed by atoms with Crippen molar-refractivity contribution in [3.8, 4) is 5.75 Å². The van der Waals surface area contributed by atoms with Crippen molar-refractivity contribution in [2.45, 2.75) is 33.1 Å². The Hall–Kier alpha value is -3.08. The van der Waals surface area contributed by atoms with E-state index in [1.54, 1.807) is 6.92 Å². The third-order valence-electron chi connectivity index (χ3n) is 4.99. The van der Waals surface area contributed by atoms with Gasteiger partial charge in [-0.15, -0.1) is 0 Å². The number of aryl methyl sites for hydroxylation is 1. The number of hydroxylamine groups is 1. The first kappa shape index (κ1) is 20.6. The molecule has 0 radical (unpaired) electrons. The molecule has 0 amide bonds. The second-order valence-corrected chi connectivity index (χ2v) is 6.94. The Balaban J connectivity index is 1.78. The smallest absolute Gasteiger partial charge is 0.345 e. The number of esters is 1. The first-order valence-corrected chi connectivity index (χ1v) is 10.1. The second-order valence-electron chi connectivity index (χ2n) is 6.94. The number of allylic oxidation sites excluding steroid dienone is 1. The fourth-order valence-corrected chi connectivity index (χ4v) is 3.72. The van der Waals surface area contributed by atoms with Gasteiger partial charge in [0.25, 0.3) is 5.71 Å². The van der Waals surface area contributed by atoms with Gasteiger partial charge in [0.1, 0.15) is 11.3 Å². The summed E-state index contributed by atoms with van der Waals surface area (Å²) in [5.41, 5.74) is 4.78. The predicted molar refractivity (Wildman–Crippen MR) is 113 cm³/mol. The summed E-state index contributed by atoms with van der Waals surface area (Å²) < 4.78 is 12.2. The van der Waals surface area contributed by atoms with Crippen molar-refractivity contribution in [2.24, 2.45) is 0 Å². The molecular weight excluding hydrogens is 366 g/mol. The van der Waals surface area contributed by atoms with Crippen LogP contribution in [0.15, 0.2) is 54.1 Å². The maximum Gasteiger partial charge on any atom is 0.345 e. The van der Waals surface area contributed by atoms with Gasteiger partial charge in [0, 0.05) is 0 Å². The van der Waals surface area contributed by atoms with Crippen molar-refractivity contribution in [2.75, 3.05) is 20.3 Å². The first-order valence-electron chi connectivity index (χ1n) is 10.1. The number of carbonyl (C=O) groups is 1. The Morgan fingerprint density at radius 1 is 1.07 bits per heavy atom. The molecule has 29 heavy (non-hydrogen) atoms. The van der Waals surface area contributed by atoms with E-state index in [9.17, 15) is 10.0 Å². The monoisotopic (exact) mass is 394 g/mol. The molecular formula is C24H28NO4+. The van der Waals surface area contributed by atoms with Gasteiger partial charge >= 0.3 is 5.97 Å². The fourth-order valence-electron chi connectivity index (χ4n) is 3.72. The molecule has 1 aliphatic carbocycles. The number of carbonyl (C=O) groups excluding carboxylic acids is 1. The van der Waals surface area contributed by atoms with Crippen molar-refractivity contribution < 1.29 is 24.2 Å². The normalized spacial score (nSPS) is 14.6. The van der Waals surface area contributed by atoms with Crippen LogP contribution in [0.2, 0.25) is 0 Å². The summed E-state index contributed by atoms with van der Waals surface area (Å²) in [6.07, 6.45) is 2.52. The highest BCUT2D eigenvalue weighted by atomic mass is 16.5. The molecule has 0 aromatic heterocycles. The van der Waals surface area contributed by atoms with Gasteiger partial charge in [-0.05, 0) is 59.8 Å². The molecule has 0 atom stereocenters. The topological polar surface area (TPSA) is 58.8 Å². The first-order chi connectivity index (χ1) is 14.1. The lowest BCUT2D eigenvalue weighted by Gasteiger charge is -2.09. The lowest BCUT2D eigenvalue weighted by Crippen LogP contribution is -2.22. The van der Waals surface area contributed by atoms with Crippen molar-refractivity contribution in [1.29, 1.82) is 0 Å². The van der Waals surface area contributed by atoms with Crippen LogP contribution in [0.1, 0.15) is 43.4 Å². The van der Waals surface area contributed by atoms with Crippen LogP contribution in [-0.2, 0) is 16.0 Å². The third kappa shape index (κ3) is 4.50. The summed E-state index contributed by atoms with van der Waals surface area (Å²) in [6, 6.07) is 16.1. The summed E-state index contributed by atoms with van der Waals surface area (Å²) in [7, 11) is 1.52. The maximum atomic E-state index is 12.6. The van der Waals surface area contributed by atoms with Crippen molar-refractivity contribution >= 4 is 17.3 Å². The van der Waals surface area contributed by atoms with Gasteiger partial charge in [-0.3, -0.25) is 5.21 Å². The SMILES string of the molecule is CCOC(=O)C1=C(CC)c2ccc(OCCCc3ccccc3)cc2C1=[N+](C)O. The molecule has 1 N–H and O–H groups in total. The predicted octanol–water partition coefficient (Wildman–Crippen LogP) is 4.26. The van der Waals surface area contributed by atoms with E-state index >= 15 is 0 Å². The van der Waals surface area contributed by atoms with Crippen LogP contribution in [0.25, 0.3) is 5.57 Å². The van der Waals surface area contributed by atoms with Crippen LogP contribution in [0, 0.1) is 0 Å². The number of hydrogen-bond donors (Lipinski definition) is 1. The number of fused-ring (bicyclic) bond motifs is 1. The molecule has 0 heterocycles. The molecule has 0 bridgehead atoms. The number of hydrogen-bond acceptors (Lipinski definition) is 4. The van der Waals surface area contributed by atoms with Gasteiger partial charge in [-0.25, -0.2) is 4.79 Å². The van der Waals surface area contributed by atoms with Crippen molar-refractivity contribution in [3.05, 3.63) is 70.8 Å². The van der Waals surface area contributed by atoms with E-state index in [0.717, 1.165) is 40.0 Å². The molecule has 0 aliphatic heterocycles. The Kier molecular flexibility index (Phi) is 6.70. The molecule has 2 aromatic rings. The second kappa shape index (κ2) is 9.41. The highest BCUT2D eigenvalue weighted by molar-refractivity contribution is 6.33. The fraction of sp³-hybridized carbons (Fsp3) is 0.333. The molecule has 3 rings (SSSR count). The standard InChI is InChI=1S/C24H28NO4/c1-4-19-20-14-13-18(29-15-9-12-17-10-7-6-8-11-17)16-21(20)23(25(3)27)22(19)24(26)28-5-2/h6-8,10-11,13-14,16,27H,4-5,9,12,15H2,1-3H3/q+1. The minimum atomic E-state index is -0.415. The largest absolute Gasteiger partial charge is 0.494 e. The number of benzene rings is 2. The zero-order valence-electron chi connectivity index (χ0n) is 17.3. The van der Waals surface area contributed by atoms with E-state index < -0.39 is 5.97 Å². The number of rotatable bonds is 8. The Labute approximate surface area is 171 Å². The number of nitrogens with zero attached hydrogens (tertiary/aromatic N) is 1. The Bertz CT molecular complexity index is 941. The van der Waals surface area contributed by atoms with Gasteiger partial charge in [-0.1, -0.05) is 43.3 Å². The number of ether oxygens (including phenoxy) is 2. The molecule has 152 valence electrons. The average Bonchev–Trinajstić information content (AvgIpc) is 3.06. The molecule has 5 heteroatoms. The van der Waals surface area contributed by atoms with Crippen LogP contribution >= 0.6 is 0 Å². The average molecular weight is 394 g/mol. The molecule has 0 spiro atoms. The van der Waals surface area contributed by atoms with Crippen LogP contribution < -0.4 is 4.74 Å². The minimum absolute atomic E-state index is 0.286. The van der Waals surface area contributed by atoms with E-state index in [4.69, 9.17) is 9.47 Å². The lowest BCUT2D eigenvalue weighted by atomic mass is 10.0. The van der Waals surface area contributed by atoms with Gasteiger partial charge in [0.05, 0.1) is 18.8 Å². The molecule has 1 aliphatic rings. The lowest BCUT2D eigenvalue weighted by molar-refractivity contribution is -0.753. The van der Waals surface area contributed by atoms with Gasteiger partial charge in [-0.2, -0.15) is 0 Å². The van der Waals surface area contributed by atoms with Gasteiger partial charge < -0.3 is 9.47 Å². The highest BCUT2D eigenvalue weighted by Gasteiger charge is 2.39. The molecule has 0 unspecified atom stereocenters. The van der Waals surface area contributed by atoms with E-state index in [1.807, 2.05) is 43.3 Å². The van der Waals surface area contributed by atoms with Crippen molar-refractivity contribution in [1.82, 2.24) is 0 Å². The van der Waals surface area contributed by atoms with E-state index in [2.05, 4.69) is 12.1 Å². The molecule has 5 nitrogen and oxygen atoms in total. The van der Waals surface area contributed by atoms with E-state index in [1.165, 1.54) is 12.6 Å².